The molecule has 1 fully saturated rings. The molecule has 2 heterocycles. The highest BCUT2D eigenvalue weighted by Gasteiger charge is 2.30. The number of nitrogens with zero attached hydrogens (tertiary/aromatic N) is 1. The zero-order valence-electron chi connectivity index (χ0n) is 10.4. The second kappa shape index (κ2) is 5.09. The van der Waals surface area contributed by atoms with Gasteiger partial charge in [0, 0.05) is 16.9 Å². The van der Waals surface area contributed by atoms with Crippen LogP contribution in [0.25, 0.3) is 0 Å². The summed E-state index contributed by atoms with van der Waals surface area (Å²) in [6.45, 7) is 0. The van der Waals surface area contributed by atoms with Crippen molar-refractivity contribution in [1.82, 2.24) is 10.5 Å². The first kappa shape index (κ1) is 12.9. The number of carbonyl (C=O) groups is 2. The van der Waals surface area contributed by atoms with Crippen LogP contribution in [0.5, 0.6) is 0 Å². The zero-order chi connectivity index (χ0) is 14.1. The van der Waals surface area contributed by atoms with Gasteiger partial charge >= 0.3 is 5.97 Å². The quantitative estimate of drug-likeness (QED) is 0.881. The lowest BCUT2D eigenvalue weighted by Gasteiger charge is -2.11. The molecule has 6 nitrogen and oxygen atoms in total. The number of aromatic nitrogens is 1. The van der Waals surface area contributed by atoms with Crippen molar-refractivity contribution in [1.29, 1.82) is 0 Å². The van der Waals surface area contributed by atoms with E-state index in [0.29, 0.717) is 16.6 Å². The molecule has 1 unspecified atom stereocenters. The summed E-state index contributed by atoms with van der Waals surface area (Å²) >= 11 is 1.28. The Morgan fingerprint density at radius 1 is 1.50 bits per heavy atom. The molecule has 1 atom stereocenters. The Bertz CT molecular complexity index is 631. The number of aliphatic carboxylic acids is 1. The lowest BCUT2D eigenvalue weighted by atomic mass is 10.2. The van der Waals surface area contributed by atoms with Crippen LogP contribution in [0.3, 0.4) is 0 Å². The van der Waals surface area contributed by atoms with Gasteiger partial charge in [0.2, 0.25) is 0 Å². The van der Waals surface area contributed by atoms with Gasteiger partial charge in [-0.15, -0.1) is 11.3 Å². The summed E-state index contributed by atoms with van der Waals surface area (Å²) in [5, 5.41) is 17.1. The van der Waals surface area contributed by atoms with Gasteiger partial charge in [-0.2, -0.15) is 0 Å². The van der Waals surface area contributed by atoms with Crippen LogP contribution in [-0.4, -0.2) is 22.1 Å². The third-order valence-electron chi connectivity index (χ3n) is 3.09. The number of hydrogen-bond acceptors (Lipinski definition) is 5. The van der Waals surface area contributed by atoms with Gasteiger partial charge in [-0.25, -0.2) is 4.79 Å². The van der Waals surface area contributed by atoms with Crippen molar-refractivity contribution in [3.05, 3.63) is 39.9 Å². The maximum absolute atomic E-state index is 12.0. The molecular formula is C13H12N2O4S. The number of carboxylic acid groups (broad SMARTS) is 1. The summed E-state index contributed by atoms with van der Waals surface area (Å²) in [6, 6.07) is 3.93. The number of thiophene rings is 1. The van der Waals surface area contributed by atoms with Crippen LogP contribution in [0.2, 0.25) is 0 Å². The van der Waals surface area contributed by atoms with E-state index in [9.17, 15) is 14.7 Å². The van der Waals surface area contributed by atoms with Crippen molar-refractivity contribution < 1.29 is 19.2 Å². The predicted octanol–water partition coefficient (Wildman–Crippen LogP) is 2.17. The van der Waals surface area contributed by atoms with Crippen molar-refractivity contribution in [2.75, 3.05) is 0 Å². The summed E-state index contributed by atoms with van der Waals surface area (Å²) in [5.41, 5.74) is 0.120. The van der Waals surface area contributed by atoms with Crippen LogP contribution in [0.4, 0.5) is 0 Å². The number of rotatable bonds is 5. The molecule has 3 rings (SSSR count). The SMILES string of the molecule is O=C(NC(C(=O)O)c1cccs1)c1cc(C2CC2)on1. The first-order valence-electron chi connectivity index (χ1n) is 6.19. The summed E-state index contributed by atoms with van der Waals surface area (Å²) in [6.07, 6.45) is 2.09. The number of carbonyl (C=O) groups excluding carboxylic acids is 1. The Morgan fingerprint density at radius 2 is 2.30 bits per heavy atom. The molecule has 2 N–H and O–H groups in total. The standard InChI is InChI=1S/C13H12N2O4S/c16-12(8-6-9(19-15-8)7-3-4-7)14-11(13(17)18)10-2-1-5-20-10/h1-2,5-7,11H,3-4H2,(H,14,16)(H,17,18). The highest BCUT2D eigenvalue weighted by Crippen LogP contribution is 2.40. The fourth-order valence-electron chi connectivity index (χ4n) is 1.87. The van der Waals surface area contributed by atoms with Gasteiger partial charge in [-0.3, -0.25) is 4.79 Å². The molecule has 2 aromatic heterocycles. The number of amides is 1. The van der Waals surface area contributed by atoms with E-state index < -0.39 is 17.9 Å². The Hall–Kier alpha value is -2.15. The number of carboxylic acids is 1. The van der Waals surface area contributed by atoms with Crippen molar-refractivity contribution >= 4 is 23.2 Å². The first-order chi connectivity index (χ1) is 9.65. The lowest BCUT2D eigenvalue weighted by molar-refractivity contribution is -0.139. The van der Waals surface area contributed by atoms with Crippen molar-refractivity contribution in [3.63, 3.8) is 0 Å². The van der Waals surface area contributed by atoms with Crippen molar-refractivity contribution in [3.8, 4) is 0 Å². The third-order valence-corrected chi connectivity index (χ3v) is 4.03. The van der Waals surface area contributed by atoms with E-state index in [1.165, 1.54) is 11.3 Å². The van der Waals surface area contributed by atoms with Crippen LogP contribution >= 0.6 is 11.3 Å². The predicted molar refractivity (Wildman–Crippen MR) is 70.6 cm³/mol. The molecule has 7 heteroatoms. The number of hydrogen-bond donors (Lipinski definition) is 2. The molecule has 0 bridgehead atoms. The molecule has 0 aliphatic heterocycles. The topological polar surface area (TPSA) is 92.4 Å². The molecule has 0 radical (unpaired) electrons. The molecule has 1 amide bonds. The zero-order valence-corrected chi connectivity index (χ0v) is 11.2. The van der Waals surface area contributed by atoms with Crippen LogP contribution < -0.4 is 5.32 Å². The molecule has 1 aliphatic carbocycles. The average Bonchev–Trinajstić information content (AvgIpc) is 2.95. The Labute approximate surface area is 118 Å². The summed E-state index contributed by atoms with van der Waals surface area (Å²) in [4.78, 5) is 23.8. The Morgan fingerprint density at radius 3 is 2.90 bits per heavy atom. The summed E-state index contributed by atoms with van der Waals surface area (Å²) < 4.78 is 5.09. The van der Waals surface area contributed by atoms with E-state index in [4.69, 9.17) is 4.52 Å². The highest BCUT2D eigenvalue weighted by atomic mass is 32.1. The second-order valence-electron chi connectivity index (χ2n) is 4.65. The Balaban J connectivity index is 1.74. The van der Waals surface area contributed by atoms with E-state index >= 15 is 0 Å². The molecule has 0 saturated heterocycles. The third kappa shape index (κ3) is 2.57. The summed E-state index contributed by atoms with van der Waals surface area (Å²) in [7, 11) is 0. The molecule has 20 heavy (non-hydrogen) atoms. The van der Waals surface area contributed by atoms with Gasteiger partial charge in [0.05, 0.1) is 0 Å². The second-order valence-corrected chi connectivity index (χ2v) is 5.63. The first-order valence-corrected chi connectivity index (χ1v) is 7.07. The number of nitrogens with one attached hydrogen (secondary N) is 1. The fourth-order valence-corrected chi connectivity index (χ4v) is 2.64. The van der Waals surface area contributed by atoms with Gasteiger partial charge in [0.1, 0.15) is 5.76 Å². The highest BCUT2D eigenvalue weighted by molar-refractivity contribution is 7.10. The largest absolute Gasteiger partial charge is 0.479 e. The van der Waals surface area contributed by atoms with Gasteiger partial charge in [0.25, 0.3) is 5.91 Å². The molecule has 2 aromatic rings. The lowest BCUT2D eigenvalue weighted by Crippen LogP contribution is -2.33. The molecule has 1 aliphatic rings. The van der Waals surface area contributed by atoms with E-state index in [1.807, 2.05) is 0 Å². The molecule has 1 saturated carbocycles. The van der Waals surface area contributed by atoms with Crippen LogP contribution in [0.1, 0.15) is 45.9 Å². The normalized spacial score (nSPS) is 15.8. The van der Waals surface area contributed by atoms with Gasteiger partial charge in [-0.05, 0) is 24.3 Å². The molecule has 0 spiro atoms. The fraction of sp³-hybridized carbons (Fsp3) is 0.308. The average molecular weight is 292 g/mol. The van der Waals surface area contributed by atoms with Crippen molar-refractivity contribution in [2.45, 2.75) is 24.8 Å². The van der Waals surface area contributed by atoms with E-state index in [0.717, 1.165) is 12.8 Å². The van der Waals surface area contributed by atoms with E-state index in [2.05, 4.69) is 10.5 Å². The Kier molecular flexibility index (Phi) is 3.27. The van der Waals surface area contributed by atoms with E-state index in [1.54, 1.807) is 23.6 Å². The minimum Gasteiger partial charge on any atom is -0.479 e. The maximum atomic E-state index is 12.0. The van der Waals surface area contributed by atoms with Crippen LogP contribution in [0.15, 0.2) is 28.1 Å². The van der Waals surface area contributed by atoms with Gasteiger partial charge in [-0.1, -0.05) is 11.2 Å². The van der Waals surface area contributed by atoms with E-state index in [-0.39, 0.29) is 5.69 Å². The van der Waals surface area contributed by atoms with Crippen LogP contribution in [-0.2, 0) is 4.79 Å². The monoisotopic (exact) mass is 292 g/mol. The van der Waals surface area contributed by atoms with Gasteiger partial charge in [0.15, 0.2) is 11.7 Å². The molecular weight excluding hydrogens is 280 g/mol. The van der Waals surface area contributed by atoms with Crippen LogP contribution in [0, 0.1) is 0 Å². The van der Waals surface area contributed by atoms with Gasteiger partial charge < -0.3 is 14.9 Å². The summed E-state index contributed by atoms with van der Waals surface area (Å²) in [5.74, 6) is -0.595. The molecule has 104 valence electrons. The molecule has 0 aromatic carbocycles. The van der Waals surface area contributed by atoms with Crippen molar-refractivity contribution in [2.24, 2.45) is 0 Å². The minimum atomic E-state index is -1.10. The smallest absolute Gasteiger partial charge is 0.331 e. The maximum Gasteiger partial charge on any atom is 0.331 e. The minimum absolute atomic E-state index is 0.120.